The number of ether oxygens (including phenoxy) is 3. The van der Waals surface area contributed by atoms with Crippen LogP contribution in [0.2, 0.25) is 0 Å². The van der Waals surface area contributed by atoms with E-state index in [1.807, 2.05) is 24.3 Å². The van der Waals surface area contributed by atoms with Gasteiger partial charge in [-0.25, -0.2) is 4.79 Å². The molecule has 0 aliphatic heterocycles. The van der Waals surface area contributed by atoms with E-state index < -0.39 is 17.9 Å². The maximum Gasteiger partial charge on any atom is 0.339 e. The molecule has 148 valence electrons. The van der Waals surface area contributed by atoms with Crippen LogP contribution in [0, 0.1) is 0 Å². The first kappa shape index (κ1) is 21.5. The summed E-state index contributed by atoms with van der Waals surface area (Å²) in [6.45, 7) is 1.74. The SMILES string of the molecule is COC(=O)Cc1cc(C(C)C(=O)OC)ccc1Sc1ccccc1C(=O)OC. The molecule has 0 radical (unpaired) electrons. The van der Waals surface area contributed by atoms with Gasteiger partial charge >= 0.3 is 17.9 Å². The van der Waals surface area contributed by atoms with Crippen molar-refractivity contribution in [2.45, 2.75) is 29.1 Å². The zero-order valence-electron chi connectivity index (χ0n) is 16.2. The highest BCUT2D eigenvalue weighted by Crippen LogP contribution is 2.35. The molecule has 0 fully saturated rings. The van der Waals surface area contributed by atoms with Gasteiger partial charge in [0.2, 0.25) is 0 Å². The van der Waals surface area contributed by atoms with Gasteiger partial charge in [0.25, 0.3) is 0 Å². The van der Waals surface area contributed by atoms with Crippen molar-refractivity contribution < 1.29 is 28.6 Å². The van der Waals surface area contributed by atoms with E-state index in [0.717, 1.165) is 10.5 Å². The van der Waals surface area contributed by atoms with Crippen LogP contribution < -0.4 is 0 Å². The van der Waals surface area contributed by atoms with Gasteiger partial charge in [-0.2, -0.15) is 0 Å². The van der Waals surface area contributed by atoms with Gasteiger partial charge in [0.1, 0.15) is 0 Å². The topological polar surface area (TPSA) is 78.9 Å². The minimum absolute atomic E-state index is 0.0426. The summed E-state index contributed by atoms with van der Waals surface area (Å²) < 4.78 is 14.4. The third-order valence-corrected chi connectivity index (χ3v) is 5.41. The van der Waals surface area contributed by atoms with Crippen LogP contribution in [-0.4, -0.2) is 39.2 Å². The second-order valence-electron chi connectivity index (χ2n) is 5.95. The standard InChI is InChI=1S/C21H22O6S/c1-13(20(23)26-3)14-9-10-17(15(11-14)12-19(22)25-2)28-18-8-6-5-7-16(18)21(24)27-4/h5-11,13H,12H2,1-4H3. The fourth-order valence-electron chi connectivity index (χ4n) is 2.60. The zero-order chi connectivity index (χ0) is 20.7. The molecule has 0 saturated heterocycles. The van der Waals surface area contributed by atoms with Crippen molar-refractivity contribution in [3.63, 3.8) is 0 Å². The number of carbonyl (C=O) groups excluding carboxylic acids is 3. The summed E-state index contributed by atoms with van der Waals surface area (Å²) in [5.41, 5.74) is 1.87. The van der Waals surface area contributed by atoms with E-state index in [0.29, 0.717) is 16.0 Å². The first-order valence-electron chi connectivity index (χ1n) is 8.53. The van der Waals surface area contributed by atoms with Crippen molar-refractivity contribution in [2.24, 2.45) is 0 Å². The van der Waals surface area contributed by atoms with Crippen molar-refractivity contribution in [3.8, 4) is 0 Å². The monoisotopic (exact) mass is 402 g/mol. The molecule has 2 aromatic rings. The molecule has 1 unspecified atom stereocenters. The molecule has 2 rings (SSSR count). The van der Waals surface area contributed by atoms with Gasteiger partial charge < -0.3 is 14.2 Å². The van der Waals surface area contributed by atoms with Gasteiger partial charge in [0.05, 0.1) is 39.2 Å². The van der Waals surface area contributed by atoms with Crippen LogP contribution in [0.1, 0.15) is 34.3 Å². The molecular weight excluding hydrogens is 380 g/mol. The summed E-state index contributed by atoms with van der Waals surface area (Å²) in [7, 11) is 3.99. The Morgan fingerprint density at radius 2 is 1.64 bits per heavy atom. The van der Waals surface area contributed by atoms with Crippen molar-refractivity contribution in [1.82, 2.24) is 0 Å². The molecule has 0 heterocycles. The molecule has 7 heteroatoms. The third-order valence-electron chi connectivity index (χ3n) is 4.21. The van der Waals surface area contributed by atoms with E-state index in [1.165, 1.54) is 33.1 Å². The van der Waals surface area contributed by atoms with Crippen molar-refractivity contribution in [1.29, 1.82) is 0 Å². The van der Waals surface area contributed by atoms with Gasteiger partial charge in [0, 0.05) is 9.79 Å². The van der Waals surface area contributed by atoms with Crippen LogP contribution >= 0.6 is 11.8 Å². The number of hydrogen-bond donors (Lipinski definition) is 0. The van der Waals surface area contributed by atoms with Gasteiger partial charge in [-0.15, -0.1) is 0 Å². The highest BCUT2D eigenvalue weighted by Gasteiger charge is 2.20. The first-order chi connectivity index (χ1) is 13.4. The minimum atomic E-state index is -0.470. The minimum Gasteiger partial charge on any atom is -0.469 e. The Morgan fingerprint density at radius 3 is 2.29 bits per heavy atom. The van der Waals surface area contributed by atoms with E-state index in [-0.39, 0.29) is 12.4 Å². The molecule has 0 aliphatic rings. The number of methoxy groups -OCH3 is 3. The molecule has 28 heavy (non-hydrogen) atoms. The number of carbonyl (C=O) groups is 3. The largest absolute Gasteiger partial charge is 0.469 e. The molecule has 0 amide bonds. The maximum atomic E-state index is 12.0. The predicted molar refractivity (Wildman–Crippen MR) is 104 cm³/mol. The molecule has 0 saturated carbocycles. The van der Waals surface area contributed by atoms with E-state index in [2.05, 4.69) is 0 Å². The van der Waals surface area contributed by atoms with Gasteiger partial charge in [-0.05, 0) is 36.2 Å². The average Bonchev–Trinajstić information content (AvgIpc) is 2.73. The molecular formula is C21H22O6S. The molecule has 2 aromatic carbocycles. The van der Waals surface area contributed by atoms with Crippen molar-refractivity contribution in [3.05, 3.63) is 59.2 Å². The number of rotatable bonds is 7. The Morgan fingerprint density at radius 1 is 0.929 bits per heavy atom. The molecule has 0 aromatic heterocycles. The van der Waals surface area contributed by atoms with Crippen molar-refractivity contribution in [2.75, 3.05) is 21.3 Å². The number of esters is 3. The highest BCUT2D eigenvalue weighted by molar-refractivity contribution is 7.99. The quantitative estimate of drug-likeness (QED) is 0.517. The van der Waals surface area contributed by atoms with Crippen LogP contribution in [0.25, 0.3) is 0 Å². The second-order valence-corrected chi connectivity index (χ2v) is 7.04. The van der Waals surface area contributed by atoms with Crippen LogP contribution in [0.4, 0.5) is 0 Å². The van der Waals surface area contributed by atoms with Crippen LogP contribution in [0.15, 0.2) is 52.3 Å². The smallest absolute Gasteiger partial charge is 0.339 e. The lowest BCUT2D eigenvalue weighted by atomic mass is 9.98. The number of hydrogen-bond acceptors (Lipinski definition) is 7. The van der Waals surface area contributed by atoms with Gasteiger partial charge in [-0.3, -0.25) is 9.59 Å². The first-order valence-corrected chi connectivity index (χ1v) is 9.35. The Hall–Kier alpha value is -2.80. The summed E-state index contributed by atoms with van der Waals surface area (Å²) in [4.78, 5) is 37.2. The molecule has 6 nitrogen and oxygen atoms in total. The molecule has 0 bridgehead atoms. The molecule has 1 atom stereocenters. The zero-order valence-corrected chi connectivity index (χ0v) is 17.0. The van der Waals surface area contributed by atoms with Crippen LogP contribution in [0.3, 0.4) is 0 Å². The maximum absolute atomic E-state index is 12.0. The Balaban J connectivity index is 2.45. The predicted octanol–water partition coefficient (Wildman–Crippen LogP) is 3.62. The lowest BCUT2D eigenvalue weighted by Gasteiger charge is -2.15. The van der Waals surface area contributed by atoms with Crippen LogP contribution in [0.5, 0.6) is 0 Å². The normalized spacial score (nSPS) is 11.4. The second kappa shape index (κ2) is 9.94. The molecule has 0 aliphatic carbocycles. The molecule has 0 N–H and O–H groups in total. The van der Waals surface area contributed by atoms with E-state index in [1.54, 1.807) is 25.1 Å². The average molecular weight is 402 g/mol. The highest BCUT2D eigenvalue weighted by atomic mass is 32.2. The summed E-state index contributed by atoms with van der Waals surface area (Å²) in [6, 6.07) is 12.5. The Bertz CT molecular complexity index is 877. The summed E-state index contributed by atoms with van der Waals surface area (Å²) >= 11 is 1.35. The van der Waals surface area contributed by atoms with E-state index >= 15 is 0 Å². The van der Waals surface area contributed by atoms with Gasteiger partial charge in [0.15, 0.2) is 0 Å². The van der Waals surface area contributed by atoms with Crippen LogP contribution in [-0.2, 0) is 30.2 Å². The van der Waals surface area contributed by atoms with Gasteiger partial charge in [-0.1, -0.05) is 36.0 Å². The lowest BCUT2D eigenvalue weighted by molar-refractivity contribution is -0.142. The summed E-state index contributed by atoms with van der Waals surface area (Å²) in [6.07, 6.45) is 0.0426. The summed E-state index contributed by atoms with van der Waals surface area (Å²) in [5.74, 6) is -1.66. The Kier molecular flexibility index (Phi) is 7.63. The van der Waals surface area contributed by atoms with Crippen molar-refractivity contribution >= 4 is 29.7 Å². The molecule has 0 spiro atoms. The third kappa shape index (κ3) is 5.13. The fraction of sp³-hybridized carbons (Fsp3) is 0.286. The van der Waals surface area contributed by atoms with E-state index in [9.17, 15) is 14.4 Å². The summed E-state index contributed by atoms with van der Waals surface area (Å²) in [5, 5.41) is 0. The number of benzene rings is 2. The fourth-order valence-corrected chi connectivity index (χ4v) is 3.64. The van der Waals surface area contributed by atoms with E-state index in [4.69, 9.17) is 14.2 Å². The Labute approximate surface area is 168 Å². The lowest BCUT2D eigenvalue weighted by Crippen LogP contribution is -2.12.